The fraction of sp³-hybridized carbons (Fsp3) is 0.455. The molecule has 0 heterocycles. The maximum atomic E-state index is 13.3. The van der Waals surface area contributed by atoms with Gasteiger partial charge in [-0.2, -0.15) is 0 Å². The average Bonchev–Trinajstić information content (AvgIpc) is 2.20. The zero-order valence-corrected chi connectivity index (χ0v) is 10.9. The second kappa shape index (κ2) is 6.46. The summed E-state index contributed by atoms with van der Waals surface area (Å²) in [5.74, 6) is -0.210. The first-order chi connectivity index (χ1) is 7.13. The van der Waals surface area contributed by atoms with Crippen LogP contribution in [0.5, 0.6) is 0 Å². The lowest BCUT2D eigenvalue weighted by atomic mass is 10.2. The quantitative estimate of drug-likeness (QED) is 0.816. The molecule has 1 atom stereocenters. The first-order valence-corrected chi connectivity index (χ1v) is 6.36. The Bertz CT molecular complexity index is 319. The monoisotopic (exact) mass is 293 g/mol. The van der Waals surface area contributed by atoms with Gasteiger partial charge in [0.2, 0.25) is 0 Å². The molecular weight excluding hydrogens is 280 g/mol. The van der Waals surface area contributed by atoms with Gasteiger partial charge >= 0.3 is 0 Å². The van der Waals surface area contributed by atoms with E-state index in [0.29, 0.717) is 23.2 Å². The molecule has 0 saturated heterocycles. The lowest BCUT2D eigenvalue weighted by Crippen LogP contribution is -2.26. The van der Waals surface area contributed by atoms with Crippen LogP contribution in [0.4, 0.5) is 4.39 Å². The second-order valence-corrected chi connectivity index (χ2v) is 4.72. The molecule has 0 bridgehead atoms. The van der Waals surface area contributed by atoms with Crippen LogP contribution >= 0.6 is 27.5 Å². The third-order valence-electron chi connectivity index (χ3n) is 2.19. The standard InChI is InChI=1S/C11H14BrClFN/c1-8(4-5-12)15-7-9-6-10(13)2-3-11(9)14/h2-3,6,8,15H,4-5,7H2,1H3. The summed E-state index contributed by atoms with van der Waals surface area (Å²) < 4.78 is 13.3. The summed E-state index contributed by atoms with van der Waals surface area (Å²) in [6.45, 7) is 2.59. The van der Waals surface area contributed by atoms with Crippen molar-refractivity contribution in [3.8, 4) is 0 Å². The van der Waals surface area contributed by atoms with Crippen molar-refractivity contribution >= 4 is 27.5 Å². The number of benzene rings is 1. The molecule has 0 spiro atoms. The molecule has 0 amide bonds. The predicted molar refractivity (Wildman–Crippen MR) is 66.1 cm³/mol. The average molecular weight is 295 g/mol. The maximum Gasteiger partial charge on any atom is 0.127 e. The topological polar surface area (TPSA) is 12.0 Å². The molecule has 0 fully saturated rings. The van der Waals surface area contributed by atoms with E-state index in [9.17, 15) is 4.39 Å². The third-order valence-corrected chi connectivity index (χ3v) is 2.88. The Hall–Kier alpha value is -0.120. The van der Waals surface area contributed by atoms with Crippen molar-refractivity contribution < 1.29 is 4.39 Å². The largest absolute Gasteiger partial charge is 0.310 e. The molecule has 15 heavy (non-hydrogen) atoms. The van der Waals surface area contributed by atoms with Crippen molar-refractivity contribution in [2.75, 3.05) is 5.33 Å². The van der Waals surface area contributed by atoms with Crippen LogP contribution in [0.3, 0.4) is 0 Å². The van der Waals surface area contributed by atoms with Crippen molar-refractivity contribution in [1.82, 2.24) is 5.32 Å². The summed E-state index contributed by atoms with van der Waals surface area (Å²) in [5.41, 5.74) is 0.615. The van der Waals surface area contributed by atoms with Crippen LogP contribution in [0.1, 0.15) is 18.9 Å². The zero-order chi connectivity index (χ0) is 11.3. The highest BCUT2D eigenvalue weighted by molar-refractivity contribution is 9.09. The highest BCUT2D eigenvalue weighted by Crippen LogP contribution is 2.14. The van der Waals surface area contributed by atoms with Crippen molar-refractivity contribution in [1.29, 1.82) is 0 Å². The van der Waals surface area contributed by atoms with Crippen LogP contribution in [0.2, 0.25) is 5.02 Å². The fourth-order valence-corrected chi connectivity index (χ4v) is 2.11. The van der Waals surface area contributed by atoms with Gasteiger partial charge in [0.25, 0.3) is 0 Å². The van der Waals surface area contributed by atoms with Gasteiger partial charge in [-0.25, -0.2) is 4.39 Å². The molecule has 84 valence electrons. The van der Waals surface area contributed by atoms with E-state index in [4.69, 9.17) is 11.6 Å². The van der Waals surface area contributed by atoms with Crippen molar-refractivity contribution in [3.05, 3.63) is 34.6 Å². The minimum absolute atomic E-state index is 0.210. The van der Waals surface area contributed by atoms with E-state index in [2.05, 4.69) is 28.2 Å². The second-order valence-electron chi connectivity index (χ2n) is 3.50. The van der Waals surface area contributed by atoms with Crippen molar-refractivity contribution in [2.45, 2.75) is 25.9 Å². The van der Waals surface area contributed by atoms with Gasteiger partial charge in [-0.05, 0) is 31.5 Å². The summed E-state index contributed by atoms with van der Waals surface area (Å²) in [6.07, 6.45) is 1.02. The van der Waals surface area contributed by atoms with E-state index in [1.54, 1.807) is 12.1 Å². The third kappa shape index (κ3) is 4.49. The number of hydrogen-bond donors (Lipinski definition) is 1. The molecule has 0 radical (unpaired) electrons. The fourth-order valence-electron chi connectivity index (χ4n) is 1.23. The Kier molecular flexibility index (Phi) is 5.58. The van der Waals surface area contributed by atoms with Gasteiger partial charge < -0.3 is 5.32 Å². The molecule has 0 saturated carbocycles. The molecule has 1 rings (SSSR count). The first kappa shape index (κ1) is 12.9. The Morgan fingerprint density at radius 1 is 1.53 bits per heavy atom. The van der Waals surface area contributed by atoms with Gasteiger partial charge in [0, 0.05) is 28.5 Å². The molecule has 0 aliphatic rings. The number of halogens is 3. The van der Waals surface area contributed by atoms with Crippen LogP contribution in [0, 0.1) is 5.82 Å². The summed E-state index contributed by atoms with van der Waals surface area (Å²) in [7, 11) is 0. The van der Waals surface area contributed by atoms with E-state index in [0.717, 1.165) is 11.8 Å². The summed E-state index contributed by atoms with van der Waals surface area (Å²) >= 11 is 9.16. The van der Waals surface area contributed by atoms with E-state index >= 15 is 0 Å². The minimum Gasteiger partial charge on any atom is -0.310 e. The zero-order valence-electron chi connectivity index (χ0n) is 8.56. The summed E-state index contributed by atoms with van der Waals surface area (Å²) in [6, 6.07) is 4.98. The Morgan fingerprint density at radius 3 is 2.93 bits per heavy atom. The van der Waals surface area contributed by atoms with Crippen molar-refractivity contribution in [3.63, 3.8) is 0 Å². The normalized spacial score (nSPS) is 12.8. The molecule has 4 heteroatoms. The molecule has 0 aliphatic heterocycles. The Balaban J connectivity index is 2.53. The first-order valence-electron chi connectivity index (χ1n) is 4.86. The summed E-state index contributed by atoms with van der Waals surface area (Å²) in [4.78, 5) is 0. The lowest BCUT2D eigenvalue weighted by Gasteiger charge is -2.12. The van der Waals surface area contributed by atoms with Gasteiger partial charge in [0.15, 0.2) is 0 Å². The van der Waals surface area contributed by atoms with Crippen LogP contribution in [-0.4, -0.2) is 11.4 Å². The minimum atomic E-state index is -0.210. The molecule has 0 aliphatic carbocycles. The predicted octanol–water partition coefficient (Wildman–Crippen LogP) is 3.74. The van der Waals surface area contributed by atoms with E-state index < -0.39 is 0 Å². The Morgan fingerprint density at radius 2 is 2.27 bits per heavy atom. The van der Waals surface area contributed by atoms with Crippen LogP contribution < -0.4 is 5.32 Å². The summed E-state index contributed by atoms with van der Waals surface area (Å²) in [5, 5.41) is 4.75. The number of alkyl halides is 1. The lowest BCUT2D eigenvalue weighted by molar-refractivity contribution is 0.520. The van der Waals surface area contributed by atoms with Crippen LogP contribution in [-0.2, 0) is 6.54 Å². The smallest absolute Gasteiger partial charge is 0.127 e. The van der Waals surface area contributed by atoms with Gasteiger partial charge in [0.1, 0.15) is 5.82 Å². The van der Waals surface area contributed by atoms with E-state index in [1.807, 2.05) is 0 Å². The molecule has 1 nitrogen and oxygen atoms in total. The number of nitrogens with one attached hydrogen (secondary N) is 1. The van der Waals surface area contributed by atoms with Gasteiger partial charge in [0.05, 0.1) is 0 Å². The van der Waals surface area contributed by atoms with Gasteiger partial charge in [-0.15, -0.1) is 0 Å². The van der Waals surface area contributed by atoms with Crippen LogP contribution in [0.25, 0.3) is 0 Å². The maximum absolute atomic E-state index is 13.3. The highest BCUT2D eigenvalue weighted by atomic mass is 79.9. The van der Waals surface area contributed by atoms with Crippen LogP contribution in [0.15, 0.2) is 18.2 Å². The molecule has 0 aromatic heterocycles. The SMILES string of the molecule is CC(CCBr)NCc1cc(Cl)ccc1F. The van der Waals surface area contributed by atoms with Crippen molar-refractivity contribution in [2.24, 2.45) is 0 Å². The molecule has 1 aromatic rings. The molecule has 1 aromatic carbocycles. The van der Waals surface area contributed by atoms with Gasteiger partial charge in [-0.3, -0.25) is 0 Å². The molecule has 1 unspecified atom stereocenters. The van der Waals surface area contributed by atoms with E-state index in [-0.39, 0.29) is 5.82 Å². The molecular formula is C11H14BrClFN. The number of rotatable bonds is 5. The number of hydrogen-bond acceptors (Lipinski definition) is 1. The van der Waals surface area contributed by atoms with E-state index in [1.165, 1.54) is 6.07 Å². The molecule has 1 N–H and O–H groups in total. The van der Waals surface area contributed by atoms with Gasteiger partial charge in [-0.1, -0.05) is 27.5 Å². The Labute approximate surface area is 103 Å². The highest BCUT2D eigenvalue weighted by Gasteiger charge is 2.05.